The van der Waals surface area contributed by atoms with E-state index in [1.807, 2.05) is 20.0 Å². The Labute approximate surface area is 122 Å². The summed E-state index contributed by atoms with van der Waals surface area (Å²) in [6.07, 6.45) is 0. The minimum absolute atomic E-state index is 0.155. The van der Waals surface area contributed by atoms with Gasteiger partial charge in [-0.15, -0.1) is 0 Å². The molecule has 100 valence electrons. The van der Waals surface area contributed by atoms with Gasteiger partial charge < -0.3 is 5.32 Å². The Morgan fingerprint density at radius 3 is 2.42 bits per heavy atom. The third-order valence-corrected chi connectivity index (χ3v) is 3.89. The quantitative estimate of drug-likeness (QED) is 0.833. The summed E-state index contributed by atoms with van der Waals surface area (Å²) in [5.74, 6) is -0.273. The van der Waals surface area contributed by atoms with Gasteiger partial charge in [-0.1, -0.05) is 35.3 Å². The van der Waals surface area contributed by atoms with Crippen molar-refractivity contribution in [1.29, 1.82) is 0 Å². The summed E-state index contributed by atoms with van der Waals surface area (Å²) < 4.78 is 14.0. The molecule has 0 bridgehead atoms. The second-order valence-corrected chi connectivity index (χ2v) is 5.19. The molecule has 0 amide bonds. The van der Waals surface area contributed by atoms with Crippen LogP contribution in [-0.4, -0.2) is 7.05 Å². The van der Waals surface area contributed by atoms with Crippen molar-refractivity contribution < 1.29 is 4.39 Å². The van der Waals surface area contributed by atoms with Gasteiger partial charge in [0, 0.05) is 11.6 Å². The molecule has 0 saturated carbocycles. The number of benzene rings is 2. The van der Waals surface area contributed by atoms with Gasteiger partial charge in [0.2, 0.25) is 0 Å². The Balaban J connectivity index is 2.51. The summed E-state index contributed by atoms with van der Waals surface area (Å²) in [6, 6.07) is 10.3. The van der Waals surface area contributed by atoms with Crippen LogP contribution in [0.1, 0.15) is 18.5 Å². The minimum Gasteiger partial charge on any atom is -0.313 e. The van der Waals surface area contributed by atoms with Gasteiger partial charge >= 0.3 is 0 Å². The van der Waals surface area contributed by atoms with E-state index in [0.29, 0.717) is 15.6 Å². The topological polar surface area (TPSA) is 12.0 Å². The fraction of sp³-hybridized carbons (Fsp3) is 0.200. The number of hydrogen-bond acceptors (Lipinski definition) is 1. The van der Waals surface area contributed by atoms with Crippen LogP contribution in [0.4, 0.5) is 4.39 Å². The monoisotopic (exact) mass is 297 g/mol. The van der Waals surface area contributed by atoms with Gasteiger partial charge in [0.1, 0.15) is 5.82 Å². The standard InChI is InChI=1S/C15H14Cl2FN/c1-9(19-2)10-4-6-15(18)12(7-10)11-3-5-13(16)14(17)8-11/h3-9,19H,1-2H3. The van der Waals surface area contributed by atoms with Crippen LogP contribution in [0, 0.1) is 5.82 Å². The third kappa shape index (κ3) is 3.08. The van der Waals surface area contributed by atoms with E-state index in [9.17, 15) is 4.39 Å². The zero-order valence-corrected chi connectivity index (χ0v) is 12.2. The van der Waals surface area contributed by atoms with Crippen molar-refractivity contribution in [2.75, 3.05) is 7.05 Å². The highest BCUT2D eigenvalue weighted by atomic mass is 35.5. The van der Waals surface area contributed by atoms with Crippen molar-refractivity contribution in [3.63, 3.8) is 0 Å². The second kappa shape index (κ2) is 5.91. The average Bonchev–Trinajstić information content (AvgIpc) is 2.41. The van der Waals surface area contributed by atoms with E-state index in [4.69, 9.17) is 23.2 Å². The van der Waals surface area contributed by atoms with Crippen molar-refractivity contribution in [2.45, 2.75) is 13.0 Å². The Bertz CT molecular complexity index is 599. The lowest BCUT2D eigenvalue weighted by Crippen LogP contribution is -2.12. The van der Waals surface area contributed by atoms with Crippen molar-refractivity contribution >= 4 is 23.2 Å². The highest BCUT2D eigenvalue weighted by Crippen LogP contribution is 2.31. The minimum atomic E-state index is -0.273. The lowest BCUT2D eigenvalue weighted by atomic mass is 9.99. The first-order valence-corrected chi connectivity index (χ1v) is 6.70. The molecule has 0 saturated heterocycles. The predicted octanol–water partition coefficient (Wildman–Crippen LogP) is 5.08. The summed E-state index contributed by atoms with van der Waals surface area (Å²) in [6.45, 7) is 2.02. The highest BCUT2D eigenvalue weighted by molar-refractivity contribution is 6.42. The molecule has 19 heavy (non-hydrogen) atoms. The van der Waals surface area contributed by atoms with Gasteiger partial charge in [0.15, 0.2) is 0 Å². The largest absolute Gasteiger partial charge is 0.313 e. The van der Waals surface area contributed by atoms with Crippen molar-refractivity contribution in [2.24, 2.45) is 0 Å². The Kier molecular flexibility index (Phi) is 4.46. The van der Waals surface area contributed by atoms with Gasteiger partial charge in [-0.2, -0.15) is 0 Å². The molecule has 0 fully saturated rings. The molecule has 0 aliphatic carbocycles. The number of rotatable bonds is 3. The molecule has 2 rings (SSSR count). The van der Waals surface area contributed by atoms with Crippen LogP contribution in [0.2, 0.25) is 10.0 Å². The molecular weight excluding hydrogens is 284 g/mol. The van der Waals surface area contributed by atoms with E-state index < -0.39 is 0 Å². The summed E-state index contributed by atoms with van der Waals surface area (Å²) in [4.78, 5) is 0. The molecule has 0 spiro atoms. The molecule has 0 radical (unpaired) electrons. The van der Waals surface area contributed by atoms with Gasteiger partial charge in [0.25, 0.3) is 0 Å². The molecule has 0 heterocycles. The first kappa shape index (κ1) is 14.3. The summed E-state index contributed by atoms with van der Waals surface area (Å²) in [5.41, 5.74) is 2.26. The molecule has 0 aliphatic heterocycles. The molecule has 1 atom stereocenters. The summed E-state index contributed by atoms with van der Waals surface area (Å²) >= 11 is 11.9. The van der Waals surface area contributed by atoms with E-state index in [-0.39, 0.29) is 11.9 Å². The van der Waals surface area contributed by atoms with Crippen LogP contribution in [0.5, 0.6) is 0 Å². The fourth-order valence-electron chi connectivity index (χ4n) is 1.86. The number of nitrogens with one attached hydrogen (secondary N) is 1. The van der Waals surface area contributed by atoms with E-state index in [1.54, 1.807) is 24.3 Å². The average molecular weight is 298 g/mol. The molecule has 0 aromatic heterocycles. The summed E-state index contributed by atoms with van der Waals surface area (Å²) in [5, 5.41) is 4.02. The second-order valence-electron chi connectivity index (χ2n) is 4.38. The van der Waals surface area contributed by atoms with Crippen molar-refractivity contribution in [3.05, 3.63) is 57.8 Å². The first-order valence-electron chi connectivity index (χ1n) is 5.95. The maximum Gasteiger partial charge on any atom is 0.131 e. The predicted molar refractivity (Wildman–Crippen MR) is 79.3 cm³/mol. The van der Waals surface area contributed by atoms with E-state index in [0.717, 1.165) is 11.1 Å². The number of halogens is 3. The van der Waals surface area contributed by atoms with Crippen LogP contribution in [-0.2, 0) is 0 Å². The highest BCUT2D eigenvalue weighted by Gasteiger charge is 2.10. The van der Waals surface area contributed by atoms with E-state index >= 15 is 0 Å². The van der Waals surface area contributed by atoms with Gasteiger partial charge in [-0.05, 0) is 49.4 Å². The van der Waals surface area contributed by atoms with Crippen molar-refractivity contribution in [1.82, 2.24) is 5.32 Å². The lowest BCUT2D eigenvalue weighted by Gasteiger charge is -2.13. The molecule has 1 nitrogen and oxygen atoms in total. The van der Waals surface area contributed by atoms with Crippen LogP contribution >= 0.6 is 23.2 Å². The molecular formula is C15H14Cl2FN. The normalized spacial score (nSPS) is 12.5. The smallest absolute Gasteiger partial charge is 0.131 e. The third-order valence-electron chi connectivity index (χ3n) is 3.15. The Hall–Kier alpha value is -1.09. The first-order chi connectivity index (χ1) is 9.02. The SMILES string of the molecule is CNC(C)c1ccc(F)c(-c2ccc(Cl)c(Cl)c2)c1. The van der Waals surface area contributed by atoms with Crippen LogP contribution in [0.15, 0.2) is 36.4 Å². The van der Waals surface area contributed by atoms with Gasteiger partial charge in [-0.3, -0.25) is 0 Å². The van der Waals surface area contributed by atoms with Crippen LogP contribution < -0.4 is 5.32 Å². The molecule has 1 unspecified atom stereocenters. The number of hydrogen-bond donors (Lipinski definition) is 1. The molecule has 2 aromatic rings. The van der Waals surface area contributed by atoms with Crippen LogP contribution in [0.3, 0.4) is 0 Å². The fourth-order valence-corrected chi connectivity index (χ4v) is 2.16. The maximum absolute atomic E-state index is 14.0. The zero-order valence-electron chi connectivity index (χ0n) is 10.7. The summed E-state index contributed by atoms with van der Waals surface area (Å²) in [7, 11) is 1.87. The van der Waals surface area contributed by atoms with Gasteiger partial charge in [0.05, 0.1) is 10.0 Å². The van der Waals surface area contributed by atoms with Crippen molar-refractivity contribution in [3.8, 4) is 11.1 Å². The Morgan fingerprint density at radius 2 is 1.79 bits per heavy atom. The molecule has 0 aliphatic rings. The maximum atomic E-state index is 14.0. The van der Waals surface area contributed by atoms with Crippen LogP contribution in [0.25, 0.3) is 11.1 Å². The zero-order chi connectivity index (χ0) is 14.0. The lowest BCUT2D eigenvalue weighted by molar-refractivity contribution is 0.622. The molecule has 1 N–H and O–H groups in total. The van der Waals surface area contributed by atoms with E-state index in [1.165, 1.54) is 6.07 Å². The van der Waals surface area contributed by atoms with E-state index in [2.05, 4.69) is 5.32 Å². The Morgan fingerprint density at radius 1 is 1.05 bits per heavy atom. The molecule has 4 heteroatoms. The van der Waals surface area contributed by atoms with Gasteiger partial charge in [-0.25, -0.2) is 4.39 Å². The molecule has 2 aromatic carbocycles.